The third-order valence-corrected chi connectivity index (χ3v) is 2.61. The zero-order valence-electron chi connectivity index (χ0n) is 10.2. The number of nitrogens with one attached hydrogen (secondary N) is 1. The summed E-state index contributed by atoms with van der Waals surface area (Å²) in [7, 11) is 1.81. The summed E-state index contributed by atoms with van der Waals surface area (Å²) in [5.74, 6) is 0.881. The van der Waals surface area contributed by atoms with Crippen LogP contribution in [-0.4, -0.2) is 39.5 Å². The molecular formula is C11H12BrN5O2. The number of halogens is 1. The summed E-state index contributed by atoms with van der Waals surface area (Å²) in [6, 6.07) is 1.58. The Morgan fingerprint density at radius 1 is 1.47 bits per heavy atom. The lowest BCUT2D eigenvalue weighted by Gasteiger charge is -2.14. The minimum absolute atomic E-state index is 0.173. The molecule has 8 heteroatoms. The first kappa shape index (κ1) is 13.6. The van der Waals surface area contributed by atoms with E-state index in [1.54, 1.807) is 23.4 Å². The molecule has 0 aromatic carbocycles. The fourth-order valence-corrected chi connectivity index (χ4v) is 1.63. The molecule has 1 amide bonds. The fraction of sp³-hybridized carbons (Fsp3) is 0.273. The van der Waals surface area contributed by atoms with E-state index in [-0.39, 0.29) is 12.5 Å². The molecule has 19 heavy (non-hydrogen) atoms. The Labute approximate surface area is 118 Å². The van der Waals surface area contributed by atoms with Gasteiger partial charge in [-0.05, 0) is 23.0 Å². The number of carbonyl (C=O) groups is 1. The monoisotopic (exact) mass is 325 g/mol. The van der Waals surface area contributed by atoms with Gasteiger partial charge in [-0.25, -0.2) is 9.97 Å². The van der Waals surface area contributed by atoms with Crippen molar-refractivity contribution in [1.29, 1.82) is 0 Å². The van der Waals surface area contributed by atoms with Gasteiger partial charge in [-0.2, -0.15) is 0 Å². The van der Waals surface area contributed by atoms with E-state index < -0.39 is 0 Å². The summed E-state index contributed by atoms with van der Waals surface area (Å²) in [4.78, 5) is 21.8. The van der Waals surface area contributed by atoms with E-state index in [2.05, 4.69) is 40.9 Å². The van der Waals surface area contributed by atoms with Crippen LogP contribution in [-0.2, 0) is 11.3 Å². The van der Waals surface area contributed by atoms with E-state index in [9.17, 15) is 4.79 Å². The zero-order valence-corrected chi connectivity index (χ0v) is 11.8. The molecule has 2 aromatic rings. The predicted octanol–water partition coefficient (Wildman–Crippen LogP) is 1.30. The Hall–Kier alpha value is -1.80. The Kier molecular flexibility index (Phi) is 4.58. The number of aromatic nitrogens is 3. The summed E-state index contributed by atoms with van der Waals surface area (Å²) in [6.45, 7) is 0.700. The number of anilines is 1. The number of rotatable bonds is 5. The third-order valence-electron chi connectivity index (χ3n) is 2.20. The van der Waals surface area contributed by atoms with Gasteiger partial charge in [-0.3, -0.25) is 9.69 Å². The molecule has 2 aromatic heterocycles. The maximum atomic E-state index is 11.7. The largest absolute Gasteiger partial charge is 0.363 e. The van der Waals surface area contributed by atoms with Crippen molar-refractivity contribution in [2.75, 3.05) is 18.9 Å². The second-order valence-electron chi connectivity index (χ2n) is 3.92. The van der Waals surface area contributed by atoms with Crippen LogP contribution < -0.4 is 5.32 Å². The first-order chi connectivity index (χ1) is 9.13. The van der Waals surface area contributed by atoms with E-state index in [0.717, 1.165) is 4.47 Å². The first-order valence-electron chi connectivity index (χ1n) is 5.48. The lowest BCUT2D eigenvalue weighted by Crippen LogP contribution is -2.30. The van der Waals surface area contributed by atoms with Crippen LogP contribution in [0.3, 0.4) is 0 Å². The Morgan fingerprint density at radius 3 is 2.84 bits per heavy atom. The number of likely N-dealkylation sites (N-methyl/N-ethyl adjacent to an activating group) is 1. The Morgan fingerprint density at radius 2 is 2.21 bits per heavy atom. The second-order valence-corrected chi connectivity index (χ2v) is 4.84. The van der Waals surface area contributed by atoms with E-state index in [1.807, 2.05) is 7.05 Å². The zero-order chi connectivity index (χ0) is 13.7. The van der Waals surface area contributed by atoms with Gasteiger partial charge in [0.25, 0.3) is 0 Å². The lowest BCUT2D eigenvalue weighted by atomic mass is 10.4. The van der Waals surface area contributed by atoms with Crippen LogP contribution in [0.5, 0.6) is 0 Å². The molecule has 0 spiro atoms. The molecule has 0 unspecified atom stereocenters. The number of hydrogen-bond donors (Lipinski definition) is 1. The molecule has 0 saturated heterocycles. The highest BCUT2D eigenvalue weighted by Crippen LogP contribution is 2.06. The van der Waals surface area contributed by atoms with Gasteiger partial charge in [-0.15, -0.1) is 0 Å². The minimum atomic E-state index is -0.173. The van der Waals surface area contributed by atoms with E-state index in [1.165, 1.54) is 6.26 Å². The van der Waals surface area contributed by atoms with Gasteiger partial charge in [0.2, 0.25) is 5.91 Å². The van der Waals surface area contributed by atoms with Crippen LogP contribution in [0.15, 0.2) is 33.7 Å². The highest BCUT2D eigenvalue weighted by Gasteiger charge is 2.09. The molecule has 2 heterocycles. The number of amides is 1. The van der Waals surface area contributed by atoms with Crippen LogP contribution in [0.2, 0.25) is 0 Å². The molecule has 0 bridgehead atoms. The standard InChI is InChI=1S/C11H12BrN5O2/c1-17(6-10-13-4-8(12)5-14-10)7-11(18)15-9-2-3-19-16-9/h2-5H,6-7H2,1H3,(H,15,16,18). The molecule has 2 rings (SSSR count). The Bertz CT molecular complexity index is 529. The molecule has 7 nitrogen and oxygen atoms in total. The Balaban J connectivity index is 1.82. The summed E-state index contributed by atoms with van der Waals surface area (Å²) in [6.07, 6.45) is 4.74. The third kappa shape index (κ3) is 4.42. The van der Waals surface area contributed by atoms with Crippen molar-refractivity contribution in [3.8, 4) is 0 Å². The molecule has 1 N–H and O–H groups in total. The topological polar surface area (TPSA) is 84.2 Å². The van der Waals surface area contributed by atoms with Crippen molar-refractivity contribution in [1.82, 2.24) is 20.0 Å². The summed E-state index contributed by atoms with van der Waals surface area (Å²) < 4.78 is 5.45. The fourth-order valence-electron chi connectivity index (χ4n) is 1.42. The first-order valence-corrected chi connectivity index (χ1v) is 6.28. The van der Waals surface area contributed by atoms with Crippen LogP contribution in [0.25, 0.3) is 0 Å². The molecular weight excluding hydrogens is 314 g/mol. The SMILES string of the molecule is CN(CC(=O)Nc1ccon1)Cc1ncc(Br)cn1. The quantitative estimate of drug-likeness (QED) is 0.891. The molecule has 100 valence electrons. The molecule has 0 atom stereocenters. The van der Waals surface area contributed by atoms with Gasteiger partial charge in [0.05, 0.1) is 17.6 Å². The highest BCUT2D eigenvalue weighted by atomic mass is 79.9. The van der Waals surface area contributed by atoms with Crippen molar-refractivity contribution in [2.45, 2.75) is 6.54 Å². The maximum Gasteiger partial charge on any atom is 0.239 e. The van der Waals surface area contributed by atoms with Gasteiger partial charge >= 0.3 is 0 Å². The normalized spacial score (nSPS) is 10.7. The van der Waals surface area contributed by atoms with Crippen molar-refractivity contribution in [2.24, 2.45) is 0 Å². The predicted molar refractivity (Wildman–Crippen MR) is 71.2 cm³/mol. The van der Waals surface area contributed by atoms with Crippen molar-refractivity contribution in [3.63, 3.8) is 0 Å². The van der Waals surface area contributed by atoms with Crippen LogP contribution in [0.4, 0.5) is 5.82 Å². The van der Waals surface area contributed by atoms with E-state index >= 15 is 0 Å². The summed E-state index contributed by atoms with van der Waals surface area (Å²) >= 11 is 3.27. The summed E-state index contributed by atoms with van der Waals surface area (Å²) in [5.41, 5.74) is 0. The molecule has 0 aliphatic heterocycles. The smallest absolute Gasteiger partial charge is 0.239 e. The van der Waals surface area contributed by atoms with E-state index in [4.69, 9.17) is 0 Å². The van der Waals surface area contributed by atoms with Crippen LogP contribution in [0, 0.1) is 0 Å². The lowest BCUT2D eigenvalue weighted by molar-refractivity contribution is -0.117. The van der Waals surface area contributed by atoms with Crippen molar-refractivity contribution < 1.29 is 9.32 Å². The highest BCUT2D eigenvalue weighted by molar-refractivity contribution is 9.10. The minimum Gasteiger partial charge on any atom is -0.363 e. The number of hydrogen-bond acceptors (Lipinski definition) is 6. The van der Waals surface area contributed by atoms with Crippen LogP contribution >= 0.6 is 15.9 Å². The van der Waals surface area contributed by atoms with Gasteiger partial charge in [0, 0.05) is 18.5 Å². The number of nitrogens with zero attached hydrogens (tertiary/aromatic N) is 4. The molecule has 0 radical (unpaired) electrons. The van der Waals surface area contributed by atoms with Gasteiger partial charge < -0.3 is 9.84 Å². The summed E-state index contributed by atoms with van der Waals surface area (Å²) in [5, 5.41) is 6.22. The van der Waals surface area contributed by atoms with Gasteiger partial charge in [0.15, 0.2) is 5.82 Å². The maximum absolute atomic E-state index is 11.7. The average molecular weight is 326 g/mol. The van der Waals surface area contributed by atoms with Crippen molar-refractivity contribution >= 4 is 27.7 Å². The van der Waals surface area contributed by atoms with Crippen molar-refractivity contribution in [3.05, 3.63) is 35.0 Å². The van der Waals surface area contributed by atoms with Gasteiger partial charge in [0.1, 0.15) is 12.1 Å². The van der Waals surface area contributed by atoms with E-state index in [0.29, 0.717) is 18.2 Å². The number of carbonyl (C=O) groups excluding carboxylic acids is 1. The average Bonchev–Trinajstić information content (AvgIpc) is 2.84. The molecule has 0 aliphatic rings. The van der Waals surface area contributed by atoms with Gasteiger partial charge in [-0.1, -0.05) is 5.16 Å². The van der Waals surface area contributed by atoms with Crippen LogP contribution in [0.1, 0.15) is 5.82 Å². The molecule has 0 aliphatic carbocycles. The second kappa shape index (κ2) is 6.39. The molecule has 0 saturated carbocycles. The molecule has 0 fully saturated rings.